The number of hydrogen-bond donors (Lipinski definition) is 1. The molecule has 2 aromatic heterocycles. The highest BCUT2D eigenvalue weighted by Gasteiger charge is 2.30. The van der Waals surface area contributed by atoms with Gasteiger partial charge >= 0.3 is 0 Å². The maximum atomic E-state index is 5.99. The average molecular weight is 368 g/mol. The molecule has 2 N–H and O–H groups in total. The van der Waals surface area contributed by atoms with E-state index in [-0.39, 0.29) is 0 Å². The number of anilines is 2. The fourth-order valence-electron chi connectivity index (χ4n) is 4.02. The number of piperidine rings is 1. The summed E-state index contributed by atoms with van der Waals surface area (Å²) in [5, 5.41) is 0. The lowest BCUT2D eigenvalue weighted by molar-refractivity contribution is 0.345. The van der Waals surface area contributed by atoms with Gasteiger partial charge in [0.25, 0.3) is 0 Å². The number of aryl methyl sites for hydroxylation is 1. The summed E-state index contributed by atoms with van der Waals surface area (Å²) in [6.45, 7) is 3.93. The van der Waals surface area contributed by atoms with E-state index in [9.17, 15) is 0 Å². The number of rotatable bonds is 4. The Kier molecular flexibility index (Phi) is 4.95. The van der Waals surface area contributed by atoms with Gasteiger partial charge in [-0.2, -0.15) is 4.98 Å². The van der Waals surface area contributed by atoms with Crippen molar-refractivity contribution in [3.63, 3.8) is 0 Å². The van der Waals surface area contributed by atoms with E-state index in [2.05, 4.69) is 27.0 Å². The van der Waals surface area contributed by atoms with Crippen LogP contribution in [0.2, 0.25) is 0 Å². The fraction of sp³-hybridized carbons (Fsp3) is 0.600. The van der Waals surface area contributed by atoms with Gasteiger partial charge in [0.05, 0.1) is 5.69 Å². The van der Waals surface area contributed by atoms with E-state index in [1.54, 1.807) is 0 Å². The molecule has 1 aliphatic carbocycles. The summed E-state index contributed by atoms with van der Waals surface area (Å²) in [7, 11) is 4.00. The Hall–Kier alpha value is -2.28. The second kappa shape index (κ2) is 7.38. The van der Waals surface area contributed by atoms with Gasteiger partial charge in [0.1, 0.15) is 11.6 Å². The number of aromatic nitrogens is 4. The zero-order valence-electron chi connectivity index (χ0n) is 16.5. The van der Waals surface area contributed by atoms with Crippen molar-refractivity contribution in [3.8, 4) is 0 Å². The van der Waals surface area contributed by atoms with Crippen LogP contribution in [0, 0.1) is 6.92 Å². The molecule has 3 heterocycles. The summed E-state index contributed by atoms with van der Waals surface area (Å²) >= 11 is 0. The maximum Gasteiger partial charge on any atom is 0.227 e. The lowest BCUT2D eigenvalue weighted by atomic mass is 9.78. The first-order valence-corrected chi connectivity index (χ1v) is 9.86. The summed E-state index contributed by atoms with van der Waals surface area (Å²) in [6, 6.07) is 4.56. The molecule has 0 amide bonds. The molecule has 1 aliphatic heterocycles. The molecule has 0 atom stereocenters. The molecule has 1 saturated heterocycles. The monoisotopic (exact) mass is 367 g/mol. The summed E-state index contributed by atoms with van der Waals surface area (Å²) in [5.74, 6) is 3.66. The molecule has 2 aromatic rings. The Morgan fingerprint density at radius 2 is 1.78 bits per heavy atom. The first-order chi connectivity index (χ1) is 13.0. The summed E-state index contributed by atoms with van der Waals surface area (Å²) in [4.78, 5) is 22.8. The van der Waals surface area contributed by atoms with Crippen LogP contribution < -0.4 is 15.5 Å². The van der Waals surface area contributed by atoms with Gasteiger partial charge in [-0.05, 0) is 38.7 Å². The van der Waals surface area contributed by atoms with Crippen molar-refractivity contribution >= 4 is 11.8 Å². The van der Waals surface area contributed by atoms with E-state index >= 15 is 0 Å². The predicted molar refractivity (Wildman–Crippen MR) is 107 cm³/mol. The number of hydrogen-bond acceptors (Lipinski definition) is 7. The maximum absolute atomic E-state index is 5.99. The molecule has 0 unspecified atom stereocenters. The van der Waals surface area contributed by atoms with Crippen LogP contribution in [-0.4, -0.2) is 53.2 Å². The molecule has 27 heavy (non-hydrogen) atoms. The van der Waals surface area contributed by atoms with Crippen molar-refractivity contribution in [2.45, 2.75) is 50.5 Å². The first-order valence-electron chi connectivity index (χ1n) is 9.86. The molecule has 2 aliphatic rings. The van der Waals surface area contributed by atoms with Gasteiger partial charge in [-0.25, -0.2) is 15.0 Å². The molecule has 0 spiro atoms. The van der Waals surface area contributed by atoms with Crippen LogP contribution >= 0.6 is 0 Å². The molecule has 4 rings (SSSR count). The van der Waals surface area contributed by atoms with Crippen LogP contribution in [0.4, 0.5) is 11.8 Å². The summed E-state index contributed by atoms with van der Waals surface area (Å²) in [6.07, 6.45) is 6.09. The van der Waals surface area contributed by atoms with Crippen molar-refractivity contribution < 1.29 is 0 Å². The minimum Gasteiger partial charge on any atom is -0.356 e. The van der Waals surface area contributed by atoms with Crippen LogP contribution in [0.3, 0.4) is 0 Å². The molecule has 1 saturated carbocycles. The molecule has 0 bridgehead atoms. The van der Waals surface area contributed by atoms with Crippen molar-refractivity contribution in [2.24, 2.45) is 5.73 Å². The van der Waals surface area contributed by atoms with E-state index in [4.69, 9.17) is 15.7 Å². The smallest absolute Gasteiger partial charge is 0.227 e. The Morgan fingerprint density at radius 3 is 2.41 bits per heavy atom. The molecule has 0 aromatic carbocycles. The Morgan fingerprint density at radius 1 is 1.04 bits per heavy atom. The molecule has 144 valence electrons. The zero-order chi connectivity index (χ0) is 19.0. The Labute approximate surface area is 161 Å². The third-order valence-corrected chi connectivity index (χ3v) is 5.75. The minimum absolute atomic E-state index is 0.322. The lowest BCUT2D eigenvalue weighted by Crippen LogP contribution is -2.36. The van der Waals surface area contributed by atoms with E-state index in [1.807, 2.05) is 32.1 Å². The summed E-state index contributed by atoms with van der Waals surface area (Å²) in [5.41, 5.74) is 8.30. The fourth-order valence-corrected chi connectivity index (χ4v) is 4.02. The van der Waals surface area contributed by atoms with Crippen molar-refractivity contribution in [3.05, 3.63) is 35.5 Å². The Balaban J connectivity index is 1.50. The molecular weight excluding hydrogens is 338 g/mol. The van der Waals surface area contributed by atoms with Crippen LogP contribution in [0.1, 0.15) is 54.7 Å². The highest BCUT2D eigenvalue weighted by Crippen LogP contribution is 2.37. The number of nitrogens with two attached hydrogens (primary N) is 1. The molecule has 7 heteroatoms. The van der Waals surface area contributed by atoms with Gasteiger partial charge in [-0.1, -0.05) is 0 Å². The zero-order valence-corrected chi connectivity index (χ0v) is 16.5. The van der Waals surface area contributed by atoms with Gasteiger partial charge in [0.2, 0.25) is 5.95 Å². The van der Waals surface area contributed by atoms with Crippen LogP contribution in [-0.2, 0) is 0 Å². The standard InChI is InChI=1S/C20H29N7/c1-13-22-7-4-17(23-13)14-5-8-27(9-6-14)19-12-18(15-10-16(21)11-15)24-20(25-19)26(2)3/h4,7,12,14-16H,5-6,8-11,21H2,1-3H3. The average Bonchev–Trinajstić information content (AvgIpc) is 2.65. The molecule has 2 fully saturated rings. The number of nitrogens with zero attached hydrogens (tertiary/aromatic N) is 6. The van der Waals surface area contributed by atoms with Crippen LogP contribution in [0.15, 0.2) is 18.3 Å². The van der Waals surface area contributed by atoms with Crippen molar-refractivity contribution in [1.29, 1.82) is 0 Å². The van der Waals surface area contributed by atoms with Crippen LogP contribution in [0.5, 0.6) is 0 Å². The van der Waals surface area contributed by atoms with Crippen molar-refractivity contribution in [2.75, 3.05) is 37.0 Å². The molecule has 7 nitrogen and oxygen atoms in total. The minimum atomic E-state index is 0.322. The SMILES string of the molecule is Cc1nccc(C2CCN(c3cc(C4CC(N)C4)nc(N(C)C)n3)CC2)n1. The second-order valence-corrected chi connectivity index (χ2v) is 8.06. The Bertz CT molecular complexity index is 793. The van der Waals surface area contributed by atoms with Gasteiger partial charge in [0, 0.05) is 63.0 Å². The molecular formula is C20H29N7. The third kappa shape index (κ3) is 3.88. The van der Waals surface area contributed by atoms with Crippen LogP contribution in [0.25, 0.3) is 0 Å². The molecule has 0 radical (unpaired) electrons. The van der Waals surface area contributed by atoms with E-state index in [1.165, 1.54) is 5.69 Å². The quantitative estimate of drug-likeness (QED) is 0.887. The van der Waals surface area contributed by atoms with Gasteiger partial charge in [-0.3, -0.25) is 0 Å². The topological polar surface area (TPSA) is 84.1 Å². The van der Waals surface area contributed by atoms with Gasteiger partial charge < -0.3 is 15.5 Å². The highest BCUT2D eigenvalue weighted by molar-refractivity contribution is 5.47. The predicted octanol–water partition coefficient (Wildman–Crippen LogP) is 2.23. The largest absolute Gasteiger partial charge is 0.356 e. The second-order valence-electron chi connectivity index (χ2n) is 8.06. The highest BCUT2D eigenvalue weighted by atomic mass is 15.3. The first kappa shape index (κ1) is 18.1. The van der Waals surface area contributed by atoms with E-state index in [0.717, 1.165) is 62.1 Å². The van der Waals surface area contributed by atoms with Gasteiger partial charge in [-0.15, -0.1) is 0 Å². The van der Waals surface area contributed by atoms with E-state index in [0.29, 0.717) is 17.9 Å². The van der Waals surface area contributed by atoms with Gasteiger partial charge in [0.15, 0.2) is 0 Å². The van der Waals surface area contributed by atoms with E-state index < -0.39 is 0 Å². The lowest BCUT2D eigenvalue weighted by Gasteiger charge is -2.35. The van der Waals surface area contributed by atoms with Crippen molar-refractivity contribution in [1.82, 2.24) is 19.9 Å². The third-order valence-electron chi connectivity index (χ3n) is 5.75. The normalized spacial score (nSPS) is 23.2. The summed E-state index contributed by atoms with van der Waals surface area (Å²) < 4.78 is 0.